The molecule has 4 fully saturated rings. The van der Waals surface area contributed by atoms with Crippen LogP contribution in [0.5, 0.6) is 0 Å². The first kappa shape index (κ1) is 19.7. The van der Waals surface area contributed by atoms with Crippen LogP contribution < -0.4 is 0 Å². The van der Waals surface area contributed by atoms with E-state index in [1.807, 2.05) is 0 Å². The molecular weight excluding hydrogens is 373 g/mol. The Bertz CT molecular complexity index is 659. The lowest BCUT2D eigenvalue weighted by molar-refractivity contribution is -0.197. The molecule has 4 aliphatic rings. The smallest absolute Gasteiger partial charge is 0.422 e. The second-order valence-corrected chi connectivity index (χ2v) is 7.22. The zero-order chi connectivity index (χ0) is 19.8. The number of hydrogen-bond acceptors (Lipinski definition) is 7. The first-order valence-corrected chi connectivity index (χ1v) is 8.51. The van der Waals surface area contributed by atoms with Gasteiger partial charge in [-0.2, -0.15) is 13.2 Å². The van der Waals surface area contributed by atoms with Crippen LogP contribution in [-0.2, 0) is 33.3 Å². The maximum Gasteiger partial charge on any atom is 0.422 e. The van der Waals surface area contributed by atoms with Crippen molar-refractivity contribution in [3.8, 4) is 0 Å². The lowest BCUT2D eigenvalue weighted by atomic mass is 9.65. The maximum atomic E-state index is 12.3. The summed E-state index contributed by atoms with van der Waals surface area (Å²) in [6, 6.07) is 0. The Kier molecular flexibility index (Phi) is 5.20. The maximum absolute atomic E-state index is 12.3. The van der Waals surface area contributed by atoms with Gasteiger partial charge in [0.1, 0.15) is 11.7 Å². The highest BCUT2D eigenvalue weighted by molar-refractivity contribution is 5.90. The number of ether oxygens (including phenoxy) is 4. The van der Waals surface area contributed by atoms with Crippen LogP contribution in [0, 0.1) is 11.8 Å². The molecule has 0 N–H and O–H groups in total. The van der Waals surface area contributed by atoms with Crippen molar-refractivity contribution in [1.29, 1.82) is 0 Å². The Morgan fingerprint density at radius 2 is 1.93 bits per heavy atom. The Balaban J connectivity index is 1.45. The van der Waals surface area contributed by atoms with Gasteiger partial charge < -0.3 is 18.9 Å². The minimum atomic E-state index is -4.93. The molecule has 7 nitrogen and oxygen atoms in total. The van der Waals surface area contributed by atoms with Crippen LogP contribution in [-0.4, -0.2) is 49.2 Å². The number of hydrogen-bond donors (Lipinski definition) is 0. The number of halogens is 3. The van der Waals surface area contributed by atoms with Gasteiger partial charge in [-0.3, -0.25) is 4.79 Å². The highest BCUT2D eigenvalue weighted by Gasteiger charge is 2.53. The van der Waals surface area contributed by atoms with Crippen molar-refractivity contribution in [1.82, 2.24) is 0 Å². The molecule has 0 aromatic rings. The summed E-state index contributed by atoms with van der Waals surface area (Å²) in [7, 11) is 0. The summed E-state index contributed by atoms with van der Waals surface area (Å²) in [5.41, 5.74) is -2.33. The Hall–Kier alpha value is -2.10. The van der Waals surface area contributed by atoms with E-state index in [1.165, 1.54) is 0 Å². The predicted molar refractivity (Wildman–Crippen MR) is 80.9 cm³/mol. The van der Waals surface area contributed by atoms with E-state index >= 15 is 0 Å². The van der Waals surface area contributed by atoms with Gasteiger partial charge in [-0.25, -0.2) is 9.59 Å². The van der Waals surface area contributed by atoms with Gasteiger partial charge in [0.25, 0.3) is 0 Å². The van der Waals surface area contributed by atoms with Gasteiger partial charge in [-0.15, -0.1) is 0 Å². The Labute approximate surface area is 152 Å². The van der Waals surface area contributed by atoms with Crippen molar-refractivity contribution in [3.05, 3.63) is 12.2 Å². The lowest BCUT2D eigenvalue weighted by Gasteiger charge is -2.45. The molecule has 150 valence electrons. The normalized spacial score (nSPS) is 31.8. The monoisotopic (exact) mass is 392 g/mol. The van der Waals surface area contributed by atoms with Crippen LogP contribution in [0.2, 0.25) is 0 Å². The SMILES string of the molecule is C=C(C(=O)OCC(=O)OCOC12CC3CC(C1)OC(=O)C(C3)C2)C(F)(F)F. The zero-order valence-electron chi connectivity index (χ0n) is 14.4. The van der Waals surface area contributed by atoms with Crippen molar-refractivity contribution in [2.75, 3.05) is 13.4 Å². The van der Waals surface area contributed by atoms with E-state index in [9.17, 15) is 27.6 Å². The largest absolute Gasteiger partial charge is 0.462 e. The van der Waals surface area contributed by atoms with E-state index in [4.69, 9.17) is 14.2 Å². The van der Waals surface area contributed by atoms with Crippen molar-refractivity contribution in [2.45, 2.75) is 50.0 Å². The number of fused-ring (bicyclic) bond motifs is 1. The molecule has 2 aliphatic heterocycles. The van der Waals surface area contributed by atoms with Gasteiger partial charge in [-0.1, -0.05) is 6.58 Å². The third kappa shape index (κ3) is 4.42. The molecule has 0 spiro atoms. The lowest BCUT2D eigenvalue weighted by Crippen LogP contribution is -2.47. The molecule has 4 atom stereocenters. The standard InChI is InChI=1S/C17H19F3O7/c1-9(17(18,19)20)14(22)24-7-13(21)25-8-26-16-4-10-2-11(5-16)15(23)27-12(3-10)6-16/h10-12H,1-8H2. The molecule has 0 aromatic carbocycles. The van der Waals surface area contributed by atoms with Crippen molar-refractivity contribution >= 4 is 17.9 Å². The number of rotatable bonds is 6. The van der Waals surface area contributed by atoms with Crippen LogP contribution in [0.3, 0.4) is 0 Å². The fourth-order valence-corrected chi connectivity index (χ4v) is 4.14. The summed E-state index contributed by atoms with van der Waals surface area (Å²) in [4.78, 5) is 34.7. The van der Waals surface area contributed by atoms with Crippen LogP contribution in [0.1, 0.15) is 32.1 Å². The highest BCUT2D eigenvalue weighted by atomic mass is 19.4. The summed E-state index contributed by atoms with van der Waals surface area (Å²) in [5, 5.41) is 0. The predicted octanol–water partition coefficient (Wildman–Crippen LogP) is 2.04. The van der Waals surface area contributed by atoms with Gasteiger partial charge in [-0.05, 0) is 31.6 Å². The minimum absolute atomic E-state index is 0.214. The molecule has 2 heterocycles. The van der Waals surface area contributed by atoms with E-state index < -0.39 is 42.7 Å². The summed E-state index contributed by atoms with van der Waals surface area (Å²) >= 11 is 0. The third-order valence-electron chi connectivity index (χ3n) is 5.20. The molecule has 27 heavy (non-hydrogen) atoms. The molecule has 4 rings (SSSR count). The molecule has 0 amide bonds. The van der Waals surface area contributed by atoms with E-state index in [-0.39, 0.29) is 18.0 Å². The fraction of sp³-hybridized carbons (Fsp3) is 0.706. The summed E-state index contributed by atoms with van der Waals surface area (Å²) in [6.45, 7) is 1.14. The molecule has 0 aromatic heterocycles. The summed E-state index contributed by atoms with van der Waals surface area (Å²) < 4.78 is 57.0. The number of carbonyl (C=O) groups excluding carboxylic acids is 3. The van der Waals surface area contributed by atoms with Crippen molar-refractivity contribution in [2.24, 2.45) is 11.8 Å². The average molecular weight is 392 g/mol. The highest BCUT2D eigenvalue weighted by Crippen LogP contribution is 2.51. The zero-order valence-corrected chi connectivity index (χ0v) is 14.4. The molecule has 10 heteroatoms. The number of carbonyl (C=O) groups is 3. The van der Waals surface area contributed by atoms with Gasteiger partial charge in [0.05, 0.1) is 11.5 Å². The van der Waals surface area contributed by atoms with Gasteiger partial charge in [0.15, 0.2) is 13.4 Å². The first-order chi connectivity index (χ1) is 12.6. The van der Waals surface area contributed by atoms with Gasteiger partial charge in [0.2, 0.25) is 0 Å². The third-order valence-corrected chi connectivity index (χ3v) is 5.20. The average Bonchev–Trinajstić information content (AvgIpc) is 2.72. The van der Waals surface area contributed by atoms with E-state index in [0.29, 0.717) is 18.8 Å². The molecule has 4 unspecified atom stereocenters. The van der Waals surface area contributed by atoms with Crippen LogP contribution in [0.4, 0.5) is 13.2 Å². The van der Waals surface area contributed by atoms with Crippen molar-refractivity contribution < 1.29 is 46.5 Å². The fourth-order valence-electron chi connectivity index (χ4n) is 4.14. The van der Waals surface area contributed by atoms with Crippen LogP contribution >= 0.6 is 0 Å². The van der Waals surface area contributed by atoms with E-state index in [2.05, 4.69) is 11.3 Å². The molecule has 2 aliphatic carbocycles. The Morgan fingerprint density at radius 1 is 1.19 bits per heavy atom. The van der Waals surface area contributed by atoms with E-state index in [1.54, 1.807) is 0 Å². The molecule has 0 radical (unpaired) electrons. The summed E-state index contributed by atoms with van der Waals surface area (Å²) in [6.07, 6.45) is -1.85. The second kappa shape index (κ2) is 7.14. The van der Waals surface area contributed by atoms with E-state index in [0.717, 1.165) is 19.3 Å². The molecule has 4 bridgehead atoms. The minimum Gasteiger partial charge on any atom is -0.462 e. The molecule has 2 saturated heterocycles. The van der Waals surface area contributed by atoms with Crippen molar-refractivity contribution in [3.63, 3.8) is 0 Å². The Morgan fingerprint density at radius 3 is 2.63 bits per heavy atom. The van der Waals surface area contributed by atoms with Gasteiger partial charge in [0, 0.05) is 6.42 Å². The van der Waals surface area contributed by atoms with Crippen LogP contribution in [0.15, 0.2) is 12.2 Å². The van der Waals surface area contributed by atoms with Gasteiger partial charge >= 0.3 is 24.1 Å². The quantitative estimate of drug-likeness (QED) is 0.296. The number of esters is 3. The number of alkyl halides is 3. The molecule has 2 saturated carbocycles. The summed E-state index contributed by atoms with van der Waals surface area (Å²) in [5.74, 6) is -2.94. The van der Waals surface area contributed by atoms with Crippen LogP contribution in [0.25, 0.3) is 0 Å². The first-order valence-electron chi connectivity index (χ1n) is 8.51. The second-order valence-electron chi connectivity index (χ2n) is 7.22. The topological polar surface area (TPSA) is 88.1 Å². The molecular formula is C17H19F3O7.